The number of likely N-dealkylation sites (N-methyl/N-ethyl adjacent to an activating group) is 1. The highest BCUT2D eigenvalue weighted by atomic mass is 32.3. The van der Waals surface area contributed by atoms with Crippen molar-refractivity contribution in [2.45, 2.75) is 39.8 Å². The Bertz CT molecular complexity index is 1580. The lowest BCUT2D eigenvalue weighted by atomic mass is 10.1. The lowest BCUT2D eigenvalue weighted by Crippen LogP contribution is -2.38. The number of halogens is 2. The summed E-state index contributed by atoms with van der Waals surface area (Å²) < 4.78 is 31.9. The minimum Gasteiger partial charge on any atom is -0.326 e. The van der Waals surface area contributed by atoms with Crippen LogP contribution in [-0.4, -0.2) is 92.0 Å². The molecule has 0 spiro atoms. The van der Waals surface area contributed by atoms with Crippen molar-refractivity contribution in [2.24, 2.45) is 0 Å². The van der Waals surface area contributed by atoms with E-state index in [2.05, 4.69) is 61.9 Å². The SMILES string of the molecule is Cc1nc2c(F)cc(-c3nc(Nc4ccc5c(n4)CCN(CCN(C)CCS(C)(C)C)C5)ncc3F)cc2n1C(C)C. The average Bonchev–Trinajstić information content (AvgIpc) is 3.28. The second kappa shape index (κ2) is 12.2. The van der Waals surface area contributed by atoms with E-state index >= 15 is 4.39 Å². The summed E-state index contributed by atoms with van der Waals surface area (Å²) in [5.74, 6) is 1.62. The molecule has 0 unspecified atom stereocenters. The van der Waals surface area contributed by atoms with Gasteiger partial charge in [0.1, 0.15) is 22.9 Å². The number of aromatic nitrogens is 5. The van der Waals surface area contributed by atoms with Gasteiger partial charge in [-0.15, -0.1) is 0 Å². The zero-order valence-electron chi connectivity index (χ0n) is 25.7. The topological polar surface area (TPSA) is 75.0 Å². The molecule has 11 heteroatoms. The quantitative estimate of drug-likeness (QED) is 0.249. The summed E-state index contributed by atoms with van der Waals surface area (Å²) in [6.07, 6.45) is 9.06. The van der Waals surface area contributed by atoms with Crippen molar-refractivity contribution in [2.75, 3.05) is 63.1 Å². The number of rotatable bonds is 10. The molecule has 3 aromatic heterocycles. The molecule has 5 rings (SSSR count). The fourth-order valence-electron chi connectivity index (χ4n) is 5.39. The Hall–Kier alpha value is -3.15. The molecule has 226 valence electrons. The smallest absolute Gasteiger partial charge is 0.229 e. The van der Waals surface area contributed by atoms with Crippen molar-refractivity contribution in [3.05, 3.63) is 59.2 Å². The molecule has 0 bridgehead atoms. The van der Waals surface area contributed by atoms with Gasteiger partial charge in [0.2, 0.25) is 5.95 Å². The molecule has 1 aromatic carbocycles. The van der Waals surface area contributed by atoms with Crippen molar-refractivity contribution in [1.82, 2.24) is 34.3 Å². The van der Waals surface area contributed by atoms with Crippen LogP contribution in [0, 0.1) is 18.6 Å². The minimum atomic E-state index is -0.629. The number of benzene rings is 1. The molecule has 1 N–H and O–H groups in total. The molecule has 1 aliphatic rings. The van der Waals surface area contributed by atoms with Crippen LogP contribution in [-0.2, 0) is 13.0 Å². The molecule has 42 heavy (non-hydrogen) atoms. The Balaban J connectivity index is 1.29. The van der Waals surface area contributed by atoms with Crippen molar-refractivity contribution < 1.29 is 8.78 Å². The molecule has 0 atom stereocenters. The first-order valence-corrected chi connectivity index (χ1v) is 17.4. The molecule has 8 nitrogen and oxygen atoms in total. The zero-order chi connectivity index (χ0) is 30.2. The highest BCUT2D eigenvalue weighted by molar-refractivity contribution is 8.32. The highest BCUT2D eigenvalue weighted by Gasteiger charge is 2.20. The number of pyridine rings is 1. The molecule has 0 amide bonds. The predicted molar refractivity (Wildman–Crippen MR) is 170 cm³/mol. The number of fused-ring (bicyclic) bond motifs is 2. The number of anilines is 2. The van der Waals surface area contributed by atoms with Crippen LogP contribution in [0.2, 0.25) is 0 Å². The Morgan fingerprint density at radius 3 is 2.57 bits per heavy atom. The molecule has 0 radical (unpaired) electrons. The number of aryl methyl sites for hydroxylation is 1. The van der Waals surface area contributed by atoms with Gasteiger partial charge in [0.05, 0.1) is 11.7 Å². The number of hydrogen-bond acceptors (Lipinski definition) is 7. The van der Waals surface area contributed by atoms with E-state index in [4.69, 9.17) is 4.98 Å². The molecule has 0 aliphatic carbocycles. The summed E-state index contributed by atoms with van der Waals surface area (Å²) >= 11 is 0. The maximum Gasteiger partial charge on any atom is 0.229 e. The normalized spacial score (nSPS) is 14.6. The summed E-state index contributed by atoms with van der Waals surface area (Å²) in [6, 6.07) is 7.08. The lowest BCUT2D eigenvalue weighted by molar-refractivity contribution is 0.214. The van der Waals surface area contributed by atoms with E-state index in [0.717, 1.165) is 51.0 Å². The van der Waals surface area contributed by atoms with E-state index in [0.29, 0.717) is 22.7 Å². The van der Waals surface area contributed by atoms with Crippen LogP contribution >= 0.6 is 10.0 Å². The molecule has 0 saturated heterocycles. The molecule has 0 saturated carbocycles. The van der Waals surface area contributed by atoms with Crippen LogP contribution in [0.15, 0.2) is 30.5 Å². The number of imidazole rings is 1. The number of nitrogens with one attached hydrogen (secondary N) is 1. The standard InChI is InChI=1S/C31H42F2N8S/c1-20(2)41-21(3)35-30-24(32)16-23(17-27(30)41)29-25(33)18-34-31(38-29)37-28-9-8-22-19-40(11-10-26(22)36-28)13-12-39(4)14-15-42(5,6)7/h8-9,16-18,20H,10-15,19H2,1-7H3,(H,34,36,37,38). The fraction of sp³-hybridized carbons (Fsp3) is 0.484. The molecular weight excluding hydrogens is 554 g/mol. The number of hydrogen-bond donors (Lipinski definition) is 1. The molecule has 0 fully saturated rings. The summed E-state index contributed by atoms with van der Waals surface area (Å²) in [6.45, 7) is 10.9. The van der Waals surface area contributed by atoms with Crippen LogP contribution in [0.1, 0.15) is 37.0 Å². The van der Waals surface area contributed by atoms with Gasteiger partial charge in [0.15, 0.2) is 11.6 Å². The third-order valence-electron chi connectivity index (χ3n) is 7.71. The van der Waals surface area contributed by atoms with E-state index in [-0.39, 0.29) is 23.2 Å². The van der Waals surface area contributed by atoms with E-state index in [1.807, 2.05) is 31.4 Å². The molecule has 4 aromatic rings. The molecule has 1 aliphatic heterocycles. The third kappa shape index (κ3) is 6.90. The van der Waals surface area contributed by atoms with Gasteiger partial charge in [-0.05, 0) is 76.1 Å². The van der Waals surface area contributed by atoms with Crippen molar-refractivity contribution >= 4 is 32.8 Å². The van der Waals surface area contributed by atoms with E-state index in [1.54, 1.807) is 6.07 Å². The van der Waals surface area contributed by atoms with Crippen molar-refractivity contribution in [3.8, 4) is 11.3 Å². The minimum absolute atomic E-state index is 0.0185. The summed E-state index contributed by atoms with van der Waals surface area (Å²) in [7, 11) is 1.73. The lowest BCUT2D eigenvalue weighted by Gasteiger charge is -2.31. The average molecular weight is 597 g/mol. The van der Waals surface area contributed by atoms with E-state index in [1.165, 1.54) is 17.4 Å². The van der Waals surface area contributed by atoms with E-state index in [9.17, 15) is 4.39 Å². The van der Waals surface area contributed by atoms with Gasteiger partial charge in [0, 0.05) is 56.4 Å². The van der Waals surface area contributed by atoms with Crippen LogP contribution < -0.4 is 5.32 Å². The van der Waals surface area contributed by atoms with Gasteiger partial charge in [-0.25, -0.2) is 38.7 Å². The maximum atomic E-state index is 15.0. The first kappa shape index (κ1) is 30.3. The van der Waals surface area contributed by atoms with Crippen LogP contribution in [0.3, 0.4) is 0 Å². The van der Waals surface area contributed by atoms with Crippen molar-refractivity contribution in [1.29, 1.82) is 0 Å². The Morgan fingerprint density at radius 1 is 1.05 bits per heavy atom. The van der Waals surface area contributed by atoms with Crippen molar-refractivity contribution in [3.63, 3.8) is 0 Å². The maximum absolute atomic E-state index is 15.0. The fourth-order valence-corrected chi connectivity index (χ4v) is 6.25. The predicted octanol–water partition coefficient (Wildman–Crippen LogP) is 5.78. The first-order valence-electron chi connectivity index (χ1n) is 14.4. The summed E-state index contributed by atoms with van der Waals surface area (Å²) in [4.78, 5) is 22.7. The molecular formula is C31H42F2N8S. The monoisotopic (exact) mass is 596 g/mol. The van der Waals surface area contributed by atoms with Gasteiger partial charge >= 0.3 is 0 Å². The Morgan fingerprint density at radius 2 is 1.83 bits per heavy atom. The van der Waals surface area contributed by atoms with Crippen LogP contribution in [0.5, 0.6) is 0 Å². The van der Waals surface area contributed by atoms with Gasteiger partial charge in [-0.2, -0.15) is 0 Å². The largest absolute Gasteiger partial charge is 0.326 e. The molecule has 4 heterocycles. The van der Waals surface area contributed by atoms with Gasteiger partial charge in [-0.1, -0.05) is 6.07 Å². The Labute approximate surface area is 248 Å². The van der Waals surface area contributed by atoms with Gasteiger partial charge in [0.25, 0.3) is 0 Å². The van der Waals surface area contributed by atoms with Crippen LogP contribution in [0.4, 0.5) is 20.5 Å². The second-order valence-corrected chi connectivity index (χ2v) is 17.0. The van der Waals surface area contributed by atoms with Crippen LogP contribution in [0.25, 0.3) is 22.3 Å². The second-order valence-electron chi connectivity index (χ2n) is 12.4. The third-order valence-corrected chi connectivity index (χ3v) is 9.12. The summed E-state index contributed by atoms with van der Waals surface area (Å²) in [5, 5.41) is 3.12. The number of nitrogens with zero attached hydrogens (tertiary/aromatic N) is 7. The highest BCUT2D eigenvalue weighted by Crippen LogP contribution is 2.34. The van der Waals surface area contributed by atoms with Gasteiger partial charge < -0.3 is 14.8 Å². The zero-order valence-corrected chi connectivity index (χ0v) is 26.5. The van der Waals surface area contributed by atoms with Gasteiger partial charge in [-0.3, -0.25) is 4.90 Å². The van der Waals surface area contributed by atoms with E-state index < -0.39 is 21.7 Å². The first-order chi connectivity index (χ1) is 19.9. The Kier molecular flexibility index (Phi) is 8.82. The summed E-state index contributed by atoms with van der Waals surface area (Å²) in [5.41, 5.74) is 3.48.